The summed E-state index contributed by atoms with van der Waals surface area (Å²) in [5.74, 6) is 0. The summed E-state index contributed by atoms with van der Waals surface area (Å²) in [6.45, 7) is 8.87. The highest BCUT2D eigenvalue weighted by atomic mass is 32.1. The molecular formula is C8H15NOS. The van der Waals surface area contributed by atoms with E-state index in [0.717, 1.165) is 18.1 Å². The van der Waals surface area contributed by atoms with Crippen LogP contribution < -0.4 is 0 Å². The van der Waals surface area contributed by atoms with Crippen molar-refractivity contribution in [1.29, 1.82) is 0 Å². The van der Waals surface area contributed by atoms with Gasteiger partial charge in [0.15, 0.2) is 0 Å². The molecule has 0 bridgehead atoms. The maximum Gasteiger partial charge on any atom is 0.105 e. The average molecular weight is 173 g/mol. The van der Waals surface area contributed by atoms with E-state index in [1.807, 2.05) is 0 Å². The van der Waals surface area contributed by atoms with Crippen LogP contribution in [0.4, 0.5) is 0 Å². The van der Waals surface area contributed by atoms with E-state index in [0.29, 0.717) is 6.61 Å². The van der Waals surface area contributed by atoms with Crippen LogP contribution in [0.25, 0.3) is 0 Å². The molecule has 1 heterocycles. The van der Waals surface area contributed by atoms with E-state index in [1.165, 1.54) is 0 Å². The lowest BCUT2D eigenvalue weighted by Gasteiger charge is -2.40. The average Bonchev–Trinajstić information content (AvgIpc) is 1.86. The van der Waals surface area contributed by atoms with Crippen molar-refractivity contribution in [3.63, 3.8) is 0 Å². The maximum absolute atomic E-state index is 5.22. The van der Waals surface area contributed by atoms with Gasteiger partial charge in [0.05, 0.1) is 13.2 Å². The Labute approximate surface area is 73.5 Å². The highest BCUT2D eigenvalue weighted by Gasteiger charge is 2.25. The van der Waals surface area contributed by atoms with Crippen LogP contribution in [0, 0.1) is 0 Å². The van der Waals surface area contributed by atoms with Crippen molar-refractivity contribution in [3.8, 4) is 0 Å². The number of morpholine rings is 1. The lowest BCUT2D eigenvalue weighted by molar-refractivity contribution is 0.0852. The fourth-order valence-electron chi connectivity index (χ4n) is 1.23. The molecule has 1 rings (SSSR count). The summed E-state index contributed by atoms with van der Waals surface area (Å²) in [5, 5.41) is 0. The van der Waals surface area contributed by atoms with Crippen LogP contribution in [-0.4, -0.2) is 35.2 Å². The molecule has 1 fully saturated rings. The molecule has 0 aromatic rings. The standard InChI is InChI=1S/C8H15NOS/c1-8(2,3)9-4-5-10-6-7(9)11/h4-6H2,1-3H3. The highest BCUT2D eigenvalue weighted by Crippen LogP contribution is 2.16. The molecule has 0 aromatic heterocycles. The molecule has 0 saturated carbocycles. The summed E-state index contributed by atoms with van der Waals surface area (Å²) >= 11 is 5.18. The second-order valence-electron chi connectivity index (χ2n) is 3.77. The van der Waals surface area contributed by atoms with Crippen molar-refractivity contribution in [1.82, 2.24) is 4.90 Å². The van der Waals surface area contributed by atoms with Gasteiger partial charge < -0.3 is 9.64 Å². The summed E-state index contributed by atoms with van der Waals surface area (Å²) in [5.41, 5.74) is 0.154. The van der Waals surface area contributed by atoms with E-state index in [1.54, 1.807) is 0 Å². The van der Waals surface area contributed by atoms with Crippen molar-refractivity contribution < 1.29 is 4.74 Å². The van der Waals surface area contributed by atoms with Gasteiger partial charge in [0.1, 0.15) is 4.99 Å². The first-order valence-corrected chi connectivity index (χ1v) is 4.31. The van der Waals surface area contributed by atoms with Crippen molar-refractivity contribution >= 4 is 17.2 Å². The molecule has 0 aliphatic carbocycles. The predicted molar refractivity (Wildman–Crippen MR) is 49.9 cm³/mol. The third-order valence-electron chi connectivity index (χ3n) is 1.80. The number of nitrogens with zero attached hydrogens (tertiary/aromatic N) is 1. The smallest absolute Gasteiger partial charge is 0.105 e. The topological polar surface area (TPSA) is 12.5 Å². The Morgan fingerprint density at radius 2 is 2.09 bits per heavy atom. The van der Waals surface area contributed by atoms with Crippen LogP contribution in [-0.2, 0) is 4.74 Å². The Kier molecular flexibility index (Phi) is 2.50. The molecule has 3 heteroatoms. The quantitative estimate of drug-likeness (QED) is 0.514. The zero-order valence-electron chi connectivity index (χ0n) is 7.39. The predicted octanol–water partition coefficient (Wildman–Crippen LogP) is 1.44. The third-order valence-corrected chi connectivity index (χ3v) is 2.13. The van der Waals surface area contributed by atoms with Crippen LogP contribution in [0.15, 0.2) is 0 Å². The van der Waals surface area contributed by atoms with Gasteiger partial charge >= 0.3 is 0 Å². The van der Waals surface area contributed by atoms with Gasteiger partial charge in [-0.25, -0.2) is 0 Å². The Bertz CT molecular complexity index is 162. The van der Waals surface area contributed by atoms with E-state index in [4.69, 9.17) is 17.0 Å². The fraction of sp³-hybridized carbons (Fsp3) is 0.875. The molecule has 0 N–H and O–H groups in total. The number of ether oxygens (including phenoxy) is 1. The van der Waals surface area contributed by atoms with Gasteiger partial charge in [0.25, 0.3) is 0 Å². The first-order chi connectivity index (χ1) is 5.02. The molecule has 0 unspecified atom stereocenters. The van der Waals surface area contributed by atoms with Crippen LogP contribution >= 0.6 is 12.2 Å². The molecule has 64 valence electrons. The monoisotopic (exact) mass is 173 g/mol. The molecule has 0 spiro atoms. The van der Waals surface area contributed by atoms with E-state index in [2.05, 4.69) is 25.7 Å². The summed E-state index contributed by atoms with van der Waals surface area (Å²) in [4.78, 5) is 3.16. The molecule has 0 aromatic carbocycles. The normalized spacial score (nSPS) is 20.6. The Morgan fingerprint density at radius 1 is 1.45 bits per heavy atom. The minimum atomic E-state index is 0.154. The van der Waals surface area contributed by atoms with Crippen molar-refractivity contribution in [2.24, 2.45) is 0 Å². The molecule has 0 atom stereocenters. The zero-order chi connectivity index (χ0) is 8.48. The second kappa shape index (κ2) is 3.07. The summed E-state index contributed by atoms with van der Waals surface area (Å²) < 4.78 is 5.22. The van der Waals surface area contributed by atoms with E-state index in [9.17, 15) is 0 Å². The number of thiocarbonyl (C=S) groups is 1. The van der Waals surface area contributed by atoms with Crippen molar-refractivity contribution in [2.75, 3.05) is 19.8 Å². The Hall–Kier alpha value is -0.150. The first-order valence-electron chi connectivity index (χ1n) is 3.90. The van der Waals surface area contributed by atoms with Gasteiger partial charge in [-0.15, -0.1) is 0 Å². The van der Waals surface area contributed by atoms with Gasteiger partial charge in [-0.05, 0) is 20.8 Å². The van der Waals surface area contributed by atoms with Crippen LogP contribution in [0.1, 0.15) is 20.8 Å². The lowest BCUT2D eigenvalue weighted by atomic mass is 10.1. The fourth-order valence-corrected chi connectivity index (χ4v) is 1.68. The zero-order valence-corrected chi connectivity index (χ0v) is 8.20. The minimum Gasteiger partial charge on any atom is -0.372 e. The molecule has 1 saturated heterocycles. The van der Waals surface area contributed by atoms with Gasteiger partial charge in [-0.1, -0.05) is 12.2 Å². The first kappa shape index (κ1) is 8.94. The highest BCUT2D eigenvalue weighted by molar-refractivity contribution is 7.80. The molecule has 0 radical (unpaired) electrons. The van der Waals surface area contributed by atoms with Crippen molar-refractivity contribution in [3.05, 3.63) is 0 Å². The Balaban J connectivity index is 2.62. The molecular weight excluding hydrogens is 158 g/mol. The summed E-state index contributed by atoms with van der Waals surface area (Å²) in [6.07, 6.45) is 0. The number of hydrogen-bond acceptors (Lipinski definition) is 2. The SMILES string of the molecule is CC(C)(C)N1CCOCC1=S. The van der Waals surface area contributed by atoms with Crippen LogP contribution in [0.5, 0.6) is 0 Å². The van der Waals surface area contributed by atoms with Gasteiger partial charge in [0, 0.05) is 12.1 Å². The molecule has 2 nitrogen and oxygen atoms in total. The minimum absolute atomic E-state index is 0.154. The summed E-state index contributed by atoms with van der Waals surface area (Å²) in [6, 6.07) is 0. The van der Waals surface area contributed by atoms with Gasteiger partial charge in [-0.2, -0.15) is 0 Å². The molecule has 1 aliphatic heterocycles. The largest absolute Gasteiger partial charge is 0.372 e. The van der Waals surface area contributed by atoms with Gasteiger partial charge in [-0.3, -0.25) is 0 Å². The second-order valence-corrected chi connectivity index (χ2v) is 4.24. The van der Waals surface area contributed by atoms with E-state index >= 15 is 0 Å². The number of hydrogen-bond donors (Lipinski definition) is 0. The summed E-state index contributed by atoms with van der Waals surface area (Å²) in [7, 11) is 0. The third kappa shape index (κ3) is 2.14. The van der Waals surface area contributed by atoms with Crippen LogP contribution in [0.2, 0.25) is 0 Å². The Morgan fingerprint density at radius 3 is 2.45 bits per heavy atom. The molecule has 11 heavy (non-hydrogen) atoms. The number of rotatable bonds is 0. The maximum atomic E-state index is 5.22. The molecule has 0 amide bonds. The van der Waals surface area contributed by atoms with E-state index in [-0.39, 0.29) is 5.54 Å². The lowest BCUT2D eigenvalue weighted by Crippen LogP contribution is -2.50. The van der Waals surface area contributed by atoms with Gasteiger partial charge in [0.2, 0.25) is 0 Å². The molecule has 1 aliphatic rings. The van der Waals surface area contributed by atoms with Crippen LogP contribution in [0.3, 0.4) is 0 Å². The van der Waals surface area contributed by atoms with Crippen molar-refractivity contribution in [2.45, 2.75) is 26.3 Å². The van der Waals surface area contributed by atoms with E-state index < -0.39 is 0 Å².